The number of rotatable bonds is 4. The molecule has 17 heavy (non-hydrogen) atoms. The van der Waals surface area contributed by atoms with Gasteiger partial charge in [-0.05, 0) is 31.0 Å². The topological polar surface area (TPSA) is 30.7 Å². The number of halogens is 1. The molecular weight excluding hydrogens is 278 g/mol. The number of hydrogen-bond donors (Lipinski definition) is 0. The van der Waals surface area contributed by atoms with Gasteiger partial charge in [-0.3, -0.25) is 0 Å². The number of hydrogen-bond acceptors (Lipinski definition) is 2. The van der Waals surface area contributed by atoms with E-state index in [0.29, 0.717) is 0 Å². The highest BCUT2D eigenvalue weighted by Crippen LogP contribution is 2.19. The van der Waals surface area contributed by atoms with Crippen molar-refractivity contribution in [3.8, 4) is 5.69 Å². The Kier molecular flexibility index (Phi) is 3.94. The first-order valence-electron chi connectivity index (χ1n) is 5.86. The van der Waals surface area contributed by atoms with Gasteiger partial charge in [-0.25, -0.2) is 4.68 Å². The Morgan fingerprint density at radius 2 is 2.00 bits per heavy atom. The van der Waals surface area contributed by atoms with Crippen molar-refractivity contribution in [2.75, 3.05) is 0 Å². The summed E-state index contributed by atoms with van der Waals surface area (Å²) >= 11 is 3.48. The normalized spacial score (nSPS) is 12.6. The first kappa shape index (κ1) is 12.3. The lowest BCUT2D eigenvalue weighted by Crippen LogP contribution is -1.95. The molecule has 0 radical (unpaired) electrons. The molecule has 0 saturated heterocycles. The minimum absolute atomic E-state index is 0.232. The lowest BCUT2D eigenvalue weighted by atomic mass is 10.1. The summed E-state index contributed by atoms with van der Waals surface area (Å²) in [5.74, 6) is 0. The highest BCUT2D eigenvalue weighted by Gasteiger charge is 2.07. The minimum atomic E-state index is 0.232. The van der Waals surface area contributed by atoms with Crippen LogP contribution in [0, 0.1) is 0 Å². The summed E-state index contributed by atoms with van der Waals surface area (Å²) in [6.07, 6.45) is 4.25. The Bertz CT molecular complexity index is 474. The van der Waals surface area contributed by atoms with E-state index in [1.54, 1.807) is 0 Å². The van der Waals surface area contributed by atoms with Crippen molar-refractivity contribution < 1.29 is 0 Å². The van der Waals surface area contributed by atoms with E-state index in [1.807, 2.05) is 17.8 Å². The van der Waals surface area contributed by atoms with Crippen LogP contribution < -0.4 is 0 Å². The molecule has 2 aromatic rings. The maximum atomic E-state index is 4.12. The third kappa shape index (κ3) is 2.94. The van der Waals surface area contributed by atoms with Crippen LogP contribution in [0.15, 0.2) is 30.5 Å². The third-order valence-electron chi connectivity index (χ3n) is 2.66. The third-order valence-corrected chi connectivity index (χ3v) is 3.13. The number of aryl methyl sites for hydroxylation is 1. The molecule has 0 bridgehead atoms. The quantitative estimate of drug-likeness (QED) is 0.805. The minimum Gasteiger partial charge on any atom is -0.220 e. The van der Waals surface area contributed by atoms with Crippen molar-refractivity contribution in [3.05, 3.63) is 41.7 Å². The molecule has 0 aliphatic carbocycles. The molecular formula is C13H16BrN3. The Morgan fingerprint density at radius 1 is 1.29 bits per heavy atom. The van der Waals surface area contributed by atoms with Crippen LogP contribution in [0.1, 0.15) is 36.4 Å². The van der Waals surface area contributed by atoms with E-state index >= 15 is 0 Å². The van der Waals surface area contributed by atoms with E-state index in [0.717, 1.165) is 17.8 Å². The van der Waals surface area contributed by atoms with E-state index in [1.165, 1.54) is 12.0 Å². The van der Waals surface area contributed by atoms with E-state index in [4.69, 9.17) is 0 Å². The van der Waals surface area contributed by atoms with Gasteiger partial charge in [-0.1, -0.05) is 46.6 Å². The van der Waals surface area contributed by atoms with E-state index in [9.17, 15) is 0 Å². The Balaban J connectivity index is 2.21. The second-order valence-electron chi connectivity index (χ2n) is 4.12. The second kappa shape index (κ2) is 5.45. The SMILES string of the molecule is CCCc1ccc(-n2cc(C(C)Br)nn2)cc1. The van der Waals surface area contributed by atoms with Gasteiger partial charge in [-0.2, -0.15) is 0 Å². The molecule has 0 fully saturated rings. The Morgan fingerprint density at radius 3 is 2.53 bits per heavy atom. The van der Waals surface area contributed by atoms with Crippen molar-refractivity contribution in [2.45, 2.75) is 31.5 Å². The van der Waals surface area contributed by atoms with Crippen molar-refractivity contribution in [3.63, 3.8) is 0 Å². The Labute approximate surface area is 110 Å². The van der Waals surface area contributed by atoms with Crippen LogP contribution in [0.25, 0.3) is 5.69 Å². The predicted octanol–water partition coefficient (Wildman–Crippen LogP) is 3.68. The molecule has 3 nitrogen and oxygen atoms in total. The van der Waals surface area contributed by atoms with Gasteiger partial charge in [-0.15, -0.1) is 5.10 Å². The highest BCUT2D eigenvalue weighted by molar-refractivity contribution is 9.09. The molecule has 1 unspecified atom stereocenters. The fourth-order valence-corrected chi connectivity index (χ4v) is 1.90. The summed E-state index contributed by atoms with van der Waals surface area (Å²) in [4.78, 5) is 0.232. The van der Waals surface area contributed by atoms with Crippen molar-refractivity contribution >= 4 is 15.9 Å². The van der Waals surface area contributed by atoms with Gasteiger partial charge in [0.1, 0.15) is 0 Å². The maximum Gasteiger partial charge on any atom is 0.0965 e. The molecule has 1 heterocycles. The van der Waals surface area contributed by atoms with Gasteiger partial charge >= 0.3 is 0 Å². The van der Waals surface area contributed by atoms with Gasteiger partial charge in [0.05, 0.1) is 22.4 Å². The molecule has 0 aliphatic heterocycles. The standard InChI is InChI=1S/C13H16BrN3/c1-3-4-11-5-7-12(8-6-11)17-9-13(10(2)14)15-16-17/h5-10H,3-4H2,1-2H3. The van der Waals surface area contributed by atoms with Crippen molar-refractivity contribution in [1.29, 1.82) is 0 Å². The van der Waals surface area contributed by atoms with Crippen LogP contribution >= 0.6 is 15.9 Å². The summed E-state index contributed by atoms with van der Waals surface area (Å²) in [6, 6.07) is 8.47. The van der Waals surface area contributed by atoms with E-state index in [2.05, 4.69) is 57.4 Å². The summed E-state index contributed by atoms with van der Waals surface area (Å²) in [6.45, 7) is 4.23. The smallest absolute Gasteiger partial charge is 0.0965 e. The maximum absolute atomic E-state index is 4.12. The molecule has 0 aliphatic rings. The van der Waals surface area contributed by atoms with Crippen LogP contribution in [0.5, 0.6) is 0 Å². The predicted molar refractivity (Wildman–Crippen MR) is 72.7 cm³/mol. The van der Waals surface area contributed by atoms with Crippen LogP contribution in [0.2, 0.25) is 0 Å². The molecule has 90 valence electrons. The molecule has 1 atom stereocenters. The molecule has 1 aromatic carbocycles. The zero-order valence-corrected chi connectivity index (χ0v) is 11.7. The van der Waals surface area contributed by atoms with Crippen LogP contribution in [0.3, 0.4) is 0 Å². The summed E-state index contributed by atoms with van der Waals surface area (Å²) in [5.41, 5.74) is 3.37. The number of alkyl halides is 1. The first-order chi connectivity index (χ1) is 8.20. The molecule has 0 N–H and O–H groups in total. The highest BCUT2D eigenvalue weighted by atomic mass is 79.9. The molecule has 1 aromatic heterocycles. The summed E-state index contributed by atoms with van der Waals surface area (Å²) in [5, 5.41) is 8.24. The zero-order chi connectivity index (χ0) is 12.3. The summed E-state index contributed by atoms with van der Waals surface area (Å²) < 4.78 is 1.81. The van der Waals surface area contributed by atoms with Crippen LogP contribution in [0.4, 0.5) is 0 Å². The fraction of sp³-hybridized carbons (Fsp3) is 0.385. The number of nitrogens with zero attached hydrogens (tertiary/aromatic N) is 3. The van der Waals surface area contributed by atoms with Crippen LogP contribution in [-0.2, 0) is 6.42 Å². The average Bonchev–Trinajstić information content (AvgIpc) is 2.80. The zero-order valence-electron chi connectivity index (χ0n) is 10.1. The lowest BCUT2D eigenvalue weighted by Gasteiger charge is -2.02. The number of benzene rings is 1. The first-order valence-corrected chi connectivity index (χ1v) is 6.78. The molecule has 2 rings (SSSR count). The van der Waals surface area contributed by atoms with E-state index in [-0.39, 0.29) is 4.83 Å². The Hall–Kier alpha value is -1.16. The largest absolute Gasteiger partial charge is 0.220 e. The molecule has 4 heteroatoms. The molecule has 0 amide bonds. The van der Waals surface area contributed by atoms with Gasteiger partial charge in [0.25, 0.3) is 0 Å². The monoisotopic (exact) mass is 293 g/mol. The fourth-order valence-electron chi connectivity index (χ4n) is 1.69. The van der Waals surface area contributed by atoms with Gasteiger partial charge in [0, 0.05) is 0 Å². The lowest BCUT2D eigenvalue weighted by molar-refractivity contribution is 0.796. The second-order valence-corrected chi connectivity index (χ2v) is 5.49. The van der Waals surface area contributed by atoms with Gasteiger partial charge < -0.3 is 0 Å². The summed E-state index contributed by atoms with van der Waals surface area (Å²) in [7, 11) is 0. The molecule has 0 spiro atoms. The van der Waals surface area contributed by atoms with Gasteiger partial charge in [0.2, 0.25) is 0 Å². The average molecular weight is 294 g/mol. The van der Waals surface area contributed by atoms with Crippen LogP contribution in [-0.4, -0.2) is 15.0 Å². The molecule has 0 saturated carbocycles. The van der Waals surface area contributed by atoms with Crippen molar-refractivity contribution in [1.82, 2.24) is 15.0 Å². The van der Waals surface area contributed by atoms with Gasteiger partial charge in [0.15, 0.2) is 0 Å². The number of aromatic nitrogens is 3. The van der Waals surface area contributed by atoms with Crippen molar-refractivity contribution in [2.24, 2.45) is 0 Å². The van der Waals surface area contributed by atoms with E-state index < -0.39 is 0 Å².